The van der Waals surface area contributed by atoms with Crippen LogP contribution in [0.15, 0.2) is 0 Å². The van der Waals surface area contributed by atoms with E-state index in [1.54, 1.807) is 0 Å². The van der Waals surface area contributed by atoms with Gasteiger partial charge in [0, 0.05) is 23.9 Å². The fourth-order valence-corrected chi connectivity index (χ4v) is 2.91. The van der Waals surface area contributed by atoms with Gasteiger partial charge in [0.25, 0.3) is 0 Å². The van der Waals surface area contributed by atoms with Gasteiger partial charge < -0.3 is 5.32 Å². The molecule has 2 nitrogen and oxygen atoms in total. The Hall–Kier alpha value is 0.270. The van der Waals surface area contributed by atoms with Gasteiger partial charge >= 0.3 is 0 Å². The topological polar surface area (TPSA) is 15.3 Å². The highest BCUT2D eigenvalue weighted by Crippen LogP contribution is 2.18. The SMILES string of the molecule is CCC1(C)CN(C(C)CSC)CCCN1. The van der Waals surface area contributed by atoms with Crippen molar-refractivity contribution in [2.75, 3.05) is 31.6 Å². The van der Waals surface area contributed by atoms with Crippen molar-refractivity contribution in [3.05, 3.63) is 0 Å². The first kappa shape index (κ1) is 13.3. The Kier molecular flexibility index (Phi) is 5.44. The third kappa shape index (κ3) is 3.97. The standard InChI is InChI=1S/C12H26N2S/c1-5-12(3)10-14(8-6-7-13-12)11(2)9-15-4/h11,13H,5-10H2,1-4H3. The van der Waals surface area contributed by atoms with Crippen molar-refractivity contribution in [3.63, 3.8) is 0 Å². The third-order valence-electron chi connectivity index (χ3n) is 3.54. The van der Waals surface area contributed by atoms with Gasteiger partial charge in [-0.2, -0.15) is 11.8 Å². The molecular weight excluding hydrogens is 204 g/mol. The molecule has 0 spiro atoms. The molecule has 2 atom stereocenters. The number of thioether (sulfide) groups is 1. The Bertz CT molecular complexity index is 186. The van der Waals surface area contributed by atoms with Crippen molar-refractivity contribution < 1.29 is 0 Å². The molecule has 1 aliphatic heterocycles. The molecular formula is C12H26N2S. The molecule has 90 valence electrons. The van der Waals surface area contributed by atoms with Crippen LogP contribution in [0.2, 0.25) is 0 Å². The van der Waals surface area contributed by atoms with E-state index >= 15 is 0 Å². The maximum Gasteiger partial charge on any atom is 0.0277 e. The van der Waals surface area contributed by atoms with Crippen LogP contribution in [0.5, 0.6) is 0 Å². The molecule has 1 N–H and O–H groups in total. The first-order valence-electron chi connectivity index (χ1n) is 6.09. The summed E-state index contributed by atoms with van der Waals surface area (Å²) in [6.07, 6.45) is 4.70. The molecule has 1 saturated heterocycles. The summed E-state index contributed by atoms with van der Waals surface area (Å²) < 4.78 is 0. The average Bonchev–Trinajstić information content (AvgIpc) is 2.42. The highest BCUT2D eigenvalue weighted by atomic mass is 32.2. The summed E-state index contributed by atoms with van der Waals surface area (Å²) in [4.78, 5) is 2.65. The monoisotopic (exact) mass is 230 g/mol. The van der Waals surface area contributed by atoms with Gasteiger partial charge in [-0.05, 0) is 46.0 Å². The molecule has 0 aromatic heterocycles. The molecule has 1 fully saturated rings. The lowest BCUT2D eigenvalue weighted by molar-refractivity contribution is 0.181. The minimum absolute atomic E-state index is 0.323. The molecule has 1 rings (SSSR count). The highest BCUT2D eigenvalue weighted by Gasteiger charge is 2.28. The predicted octanol–water partition coefficient (Wildman–Crippen LogP) is 2.20. The minimum Gasteiger partial charge on any atom is -0.310 e. The lowest BCUT2D eigenvalue weighted by Crippen LogP contribution is -2.50. The number of hydrogen-bond acceptors (Lipinski definition) is 3. The van der Waals surface area contributed by atoms with E-state index in [9.17, 15) is 0 Å². The summed E-state index contributed by atoms with van der Waals surface area (Å²) in [5.41, 5.74) is 0.323. The van der Waals surface area contributed by atoms with E-state index in [0.29, 0.717) is 11.6 Å². The zero-order valence-electron chi connectivity index (χ0n) is 10.7. The molecule has 0 aliphatic carbocycles. The Morgan fingerprint density at radius 1 is 1.53 bits per heavy atom. The van der Waals surface area contributed by atoms with Crippen LogP contribution < -0.4 is 5.32 Å². The summed E-state index contributed by atoms with van der Waals surface area (Å²) in [5, 5.41) is 3.69. The average molecular weight is 230 g/mol. The predicted molar refractivity (Wildman–Crippen MR) is 70.7 cm³/mol. The summed E-state index contributed by atoms with van der Waals surface area (Å²) >= 11 is 1.96. The lowest BCUT2D eigenvalue weighted by Gasteiger charge is -2.35. The van der Waals surface area contributed by atoms with E-state index in [1.807, 2.05) is 11.8 Å². The van der Waals surface area contributed by atoms with Gasteiger partial charge in [0.15, 0.2) is 0 Å². The largest absolute Gasteiger partial charge is 0.310 e. The van der Waals surface area contributed by atoms with Crippen LogP contribution in [0, 0.1) is 0 Å². The van der Waals surface area contributed by atoms with Gasteiger partial charge in [0.05, 0.1) is 0 Å². The molecule has 0 saturated carbocycles. The van der Waals surface area contributed by atoms with Crippen molar-refractivity contribution in [1.82, 2.24) is 10.2 Å². The Morgan fingerprint density at radius 3 is 2.87 bits per heavy atom. The first-order chi connectivity index (χ1) is 7.11. The normalized spacial score (nSPS) is 31.2. The van der Waals surface area contributed by atoms with Crippen LogP contribution in [-0.2, 0) is 0 Å². The zero-order valence-corrected chi connectivity index (χ0v) is 11.5. The summed E-state index contributed by atoms with van der Waals surface area (Å²) in [6.45, 7) is 10.6. The molecule has 15 heavy (non-hydrogen) atoms. The second-order valence-corrected chi connectivity index (χ2v) is 5.88. The van der Waals surface area contributed by atoms with Crippen molar-refractivity contribution in [1.29, 1.82) is 0 Å². The van der Waals surface area contributed by atoms with Crippen molar-refractivity contribution in [2.45, 2.75) is 45.2 Å². The molecule has 2 unspecified atom stereocenters. The Morgan fingerprint density at radius 2 is 2.27 bits per heavy atom. The van der Waals surface area contributed by atoms with Crippen LogP contribution in [0.3, 0.4) is 0 Å². The Balaban J connectivity index is 2.56. The van der Waals surface area contributed by atoms with E-state index in [2.05, 4.69) is 37.2 Å². The van der Waals surface area contributed by atoms with Gasteiger partial charge in [-0.15, -0.1) is 0 Å². The molecule has 1 aliphatic rings. The minimum atomic E-state index is 0.323. The summed E-state index contributed by atoms with van der Waals surface area (Å²) in [6, 6.07) is 0.714. The highest BCUT2D eigenvalue weighted by molar-refractivity contribution is 7.98. The zero-order chi connectivity index (χ0) is 11.3. The lowest BCUT2D eigenvalue weighted by atomic mass is 9.98. The van der Waals surface area contributed by atoms with Gasteiger partial charge in [0.2, 0.25) is 0 Å². The number of rotatable bonds is 4. The van der Waals surface area contributed by atoms with Crippen molar-refractivity contribution in [2.24, 2.45) is 0 Å². The molecule has 0 bridgehead atoms. The van der Waals surface area contributed by atoms with E-state index in [1.165, 1.54) is 38.2 Å². The molecule has 0 amide bonds. The summed E-state index contributed by atoms with van der Waals surface area (Å²) in [5.74, 6) is 1.25. The van der Waals surface area contributed by atoms with E-state index in [4.69, 9.17) is 0 Å². The smallest absolute Gasteiger partial charge is 0.0277 e. The fraction of sp³-hybridized carbons (Fsp3) is 1.00. The molecule has 0 aromatic rings. The van der Waals surface area contributed by atoms with E-state index in [0.717, 1.165) is 0 Å². The third-order valence-corrected chi connectivity index (χ3v) is 4.35. The van der Waals surface area contributed by atoms with Crippen molar-refractivity contribution >= 4 is 11.8 Å². The van der Waals surface area contributed by atoms with Gasteiger partial charge in [-0.1, -0.05) is 6.92 Å². The fourth-order valence-electron chi connectivity index (χ4n) is 2.22. The van der Waals surface area contributed by atoms with Crippen LogP contribution in [-0.4, -0.2) is 48.1 Å². The second-order valence-electron chi connectivity index (χ2n) is 4.97. The Labute approximate surface area is 99.2 Å². The molecule has 1 heterocycles. The first-order valence-corrected chi connectivity index (χ1v) is 7.48. The van der Waals surface area contributed by atoms with Gasteiger partial charge in [-0.3, -0.25) is 4.90 Å². The molecule has 0 aromatic carbocycles. The number of nitrogens with zero attached hydrogens (tertiary/aromatic N) is 1. The van der Waals surface area contributed by atoms with Crippen LogP contribution in [0.1, 0.15) is 33.6 Å². The van der Waals surface area contributed by atoms with Crippen LogP contribution >= 0.6 is 11.8 Å². The second kappa shape index (κ2) is 6.12. The van der Waals surface area contributed by atoms with Crippen molar-refractivity contribution in [3.8, 4) is 0 Å². The molecule has 3 heteroatoms. The van der Waals surface area contributed by atoms with E-state index in [-0.39, 0.29) is 0 Å². The maximum atomic E-state index is 3.69. The van der Waals surface area contributed by atoms with Crippen LogP contribution in [0.4, 0.5) is 0 Å². The van der Waals surface area contributed by atoms with Gasteiger partial charge in [0.1, 0.15) is 0 Å². The summed E-state index contributed by atoms with van der Waals surface area (Å²) in [7, 11) is 0. The quantitative estimate of drug-likeness (QED) is 0.797. The van der Waals surface area contributed by atoms with Crippen LogP contribution in [0.25, 0.3) is 0 Å². The van der Waals surface area contributed by atoms with Gasteiger partial charge in [-0.25, -0.2) is 0 Å². The van der Waals surface area contributed by atoms with E-state index < -0.39 is 0 Å². The number of hydrogen-bond donors (Lipinski definition) is 1. The number of nitrogens with one attached hydrogen (secondary N) is 1. The maximum absolute atomic E-state index is 3.69. The molecule has 0 radical (unpaired) electrons.